The van der Waals surface area contributed by atoms with E-state index in [-0.39, 0.29) is 0 Å². The highest BCUT2D eigenvalue weighted by atomic mass is 35.5. The fraction of sp³-hybridized carbons (Fsp3) is 0.429. The second-order valence-electron chi connectivity index (χ2n) is 4.92. The molecule has 3 heterocycles. The van der Waals surface area contributed by atoms with Crippen LogP contribution in [0.1, 0.15) is 12.8 Å². The largest absolute Gasteiger partial charge is 0.370 e. The molecule has 2 aromatic heterocycles. The van der Waals surface area contributed by atoms with Crippen LogP contribution in [-0.2, 0) is 0 Å². The van der Waals surface area contributed by atoms with Gasteiger partial charge in [0.1, 0.15) is 5.15 Å². The van der Waals surface area contributed by atoms with E-state index in [9.17, 15) is 0 Å². The van der Waals surface area contributed by atoms with Crippen molar-refractivity contribution in [2.75, 3.05) is 25.0 Å². The number of halogens is 1. The van der Waals surface area contributed by atoms with Crippen molar-refractivity contribution in [3.05, 3.63) is 29.5 Å². The molecular weight excluding hydrogens is 260 g/mol. The Labute approximate surface area is 117 Å². The van der Waals surface area contributed by atoms with Crippen molar-refractivity contribution in [2.24, 2.45) is 0 Å². The molecule has 1 aliphatic heterocycles. The summed E-state index contributed by atoms with van der Waals surface area (Å²) in [7, 11) is 2.03. The molecule has 0 amide bonds. The van der Waals surface area contributed by atoms with Crippen LogP contribution in [-0.4, -0.2) is 36.1 Å². The van der Waals surface area contributed by atoms with E-state index in [0.29, 0.717) is 11.2 Å². The summed E-state index contributed by atoms with van der Waals surface area (Å²) in [6.45, 7) is 2.11. The molecule has 1 fully saturated rings. The molecule has 0 saturated carbocycles. The summed E-state index contributed by atoms with van der Waals surface area (Å²) in [5.74, 6) is 0. The fourth-order valence-electron chi connectivity index (χ4n) is 2.57. The van der Waals surface area contributed by atoms with Gasteiger partial charge in [-0.1, -0.05) is 11.6 Å². The summed E-state index contributed by atoms with van der Waals surface area (Å²) in [5.41, 5.74) is 2.89. The summed E-state index contributed by atoms with van der Waals surface area (Å²) < 4.78 is 0. The SMILES string of the molecule is CNC1CCN(c2cnc3ccc(Cl)nc3c2)CC1. The number of aromatic nitrogens is 2. The van der Waals surface area contributed by atoms with Crippen molar-refractivity contribution in [1.82, 2.24) is 15.3 Å². The quantitative estimate of drug-likeness (QED) is 0.856. The summed E-state index contributed by atoms with van der Waals surface area (Å²) in [5, 5.41) is 3.86. The van der Waals surface area contributed by atoms with Gasteiger partial charge in [-0.15, -0.1) is 0 Å². The van der Waals surface area contributed by atoms with E-state index < -0.39 is 0 Å². The topological polar surface area (TPSA) is 41.0 Å². The molecule has 3 rings (SSSR count). The fourth-order valence-corrected chi connectivity index (χ4v) is 2.72. The molecule has 2 aromatic rings. The molecule has 0 radical (unpaired) electrons. The Morgan fingerprint density at radius 1 is 1.26 bits per heavy atom. The number of nitrogens with one attached hydrogen (secondary N) is 1. The number of anilines is 1. The van der Waals surface area contributed by atoms with E-state index >= 15 is 0 Å². The molecular formula is C14H17ClN4. The predicted octanol–water partition coefficient (Wildman–Crippen LogP) is 2.47. The third kappa shape index (κ3) is 2.65. The Morgan fingerprint density at radius 3 is 2.79 bits per heavy atom. The molecule has 19 heavy (non-hydrogen) atoms. The van der Waals surface area contributed by atoms with Gasteiger partial charge in [-0.3, -0.25) is 4.98 Å². The summed E-state index contributed by atoms with van der Waals surface area (Å²) >= 11 is 5.93. The van der Waals surface area contributed by atoms with Crippen molar-refractivity contribution in [1.29, 1.82) is 0 Å². The zero-order chi connectivity index (χ0) is 13.2. The number of fused-ring (bicyclic) bond motifs is 1. The highest BCUT2D eigenvalue weighted by molar-refractivity contribution is 6.29. The third-order valence-electron chi connectivity index (χ3n) is 3.76. The van der Waals surface area contributed by atoms with E-state index in [1.54, 1.807) is 6.07 Å². The number of rotatable bonds is 2. The van der Waals surface area contributed by atoms with Gasteiger partial charge in [-0.05, 0) is 38.1 Å². The average Bonchev–Trinajstić information content (AvgIpc) is 2.46. The Balaban J connectivity index is 1.85. The van der Waals surface area contributed by atoms with E-state index in [1.165, 1.54) is 0 Å². The number of pyridine rings is 2. The molecule has 100 valence electrons. The van der Waals surface area contributed by atoms with Crippen LogP contribution < -0.4 is 10.2 Å². The first-order valence-corrected chi connectivity index (χ1v) is 6.98. The number of piperidine rings is 1. The second-order valence-corrected chi connectivity index (χ2v) is 5.30. The van der Waals surface area contributed by atoms with Gasteiger partial charge < -0.3 is 10.2 Å². The Kier molecular flexibility index (Phi) is 3.53. The molecule has 4 nitrogen and oxygen atoms in total. The minimum atomic E-state index is 0.514. The number of hydrogen-bond donors (Lipinski definition) is 1. The van der Waals surface area contributed by atoms with Crippen molar-refractivity contribution in [3.8, 4) is 0 Å². The maximum Gasteiger partial charge on any atom is 0.129 e. The number of hydrogen-bond acceptors (Lipinski definition) is 4. The van der Waals surface area contributed by atoms with Crippen LogP contribution in [0.4, 0.5) is 5.69 Å². The Morgan fingerprint density at radius 2 is 2.05 bits per heavy atom. The standard InChI is InChI=1S/C14H17ClN4/c1-16-10-4-6-19(7-5-10)11-8-13-12(17-9-11)2-3-14(15)18-13/h2-3,8-10,16H,4-7H2,1H3. The van der Waals surface area contributed by atoms with E-state index in [4.69, 9.17) is 11.6 Å². The molecule has 1 aliphatic rings. The summed E-state index contributed by atoms with van der Waals surface area (Å²) in [6, 6.07) is 6.39. The lowest BCUT2D eigenvalue weighted by Crippen LogP contribution is -2.41. The first-order chi connectivity index (χ1) is 9.26. The maximum absolute atomic E-state index is 5.93. The lowest BCUT2D eigenvalue weighted by molar-refractivity contribution is 0.442. The van der Waals surface area contributed by atoms with Gasteiger partial charge in [-0.25, -0.2) is 4.98 Å². The Bertz CT molecular complexity index is 579. The van der Waals surface area contributed by atoms with Gasteiger partial charge in [0, 0.05) is 19.1 Å². The lowest BCUT2D eigenvalue weighted by atomic mass is 10.0. The van der Waals surface area contributed by atoms with Gasteiger partial charge in [0.05, 0.1) is 22.9 Å². The van der Waals surface area contributed by atoms with Gasteiger partial charge in [0.25, 0.3) is 0 Å². The predicted molar refractivity (Wildman–Crippen MR) is 78.8 cm³/mol. The first kappa shape index (κ1) is 12.6. The van der Waals surface area contributed by atoms with Crippen LogP contribution >= 0.6 is 11.6 Å². The Hall–Kier alpha value is -1.39. The highest BCUT2D eigenvalue weighted by Gasteiger charge is 2.18. The molecule has 0 unspecified atom stereocenters. The van der Waals surface area contributed by atoms with Gasteiger partial charge >= 0.3 is 0 Å². The molecule has 1 N–H and O–H groups in total. The number of nitrogens with zero attached hydrogens (tertiary/aromatic N) is 3. The third-order valence-corrected chi connectivity index (χ3v) is 3.97. The summed E-state index contributed by atoms with van der Waals surface area (Å²) in [6.07, 6.45) is 4.26. The normalized spacial score (nSPS) is 17.1. The first-order valence-electron chi connectivity index (χ1n) is 6.61. The van der Waals surface area contributed by atoms with Crippen LogP contribution in [0.15, 0.2) is 24.4 Å². The van der Waals surface area contributed by atoms with Crippen molar-refractivity contribution in [2.45, 2.75) is 18.9 Å². The molecule has 0 bridgehead atoms. The summed E-state index contributed by atoms with van der Waals surface area (Å²) in [4.78, 5) is 11.1. The molecule has 0 aliphatic carbocycles. The molecule has 0 aromatic carbocycles. The van der Waals surface area contributed by atoms with Gasteiger partial charge in [0.15, 0.2) is 0 Å². The monoisotopic (exact) mass is 276 g/mol. The molecule has 5 heteroatoms. The van der Waals surface area contributed by atoms with E-state index in [0.717, 1.165) is 42.7 Å². The zero-order valence-corrected chi connectivity index (χ0v) is 11.7. The minimum Gasteiger partial charge on any atom is -0.370 e. The molecule has 0 atom stereocenters. The zero-order valence-electron chi connectivity index (χ0n) is 10.9. The van der Waals surface area contributed by atoms with Crippen LogP contribution in [0.25, 0.3) is 11.0 Å². The highest BCUT2D eigenvalue weighted by Crippen LogP contribution is 2.23. The average molecular weight is 277 g/mol. The lowest BCUT2D eigenvalue weighted by Gasteiger charge is -2.33. The molecule has 1 saturated heterocycles. The maximum atomic E-state index is 5.93. The smallest absolute Gasteiger partial charge is 0.129 e. The second kappa shape index (κ2) is 5.31. The van der Waals surface area contributed by atoms with E-state index in [2.05, 4.69) is 26.3 Å². The van der Waals surface area contributed by atoms with Crippen molar-refractivity contribution < 1.29 is 0 Å². The van der Waals surface area contributed by atoms with Crippen LogP contribution in [0.5, 0.6) is 0 Å². The van der Waals surface area contributed by atoms with Crippen molar-refractivity contribution >= 4 is 28.3 Å². The minimum absolute atomic E-state index is 0.514. The van der Waals surface area contributed by atoms with Crippen LogP contribution in [0, 0.1) is 0 Å². The molecule has 0 spiro atoms. The van der Waals surface area contributed by atoms with Crippen LogP contribution in [0.2, 0.25) is 5.15 Å². The van der Waals surface area contributed by atoms with E-state index in [1.807, 2.05) is 19.3 Å². The van der Waals surface area contributed by atoms with Crippen LogP contribution in [0.3, 0.4) is 0 Å². The van der Waals surface area contributed by atoms with Gasteiger partial charge in [0.2, 0.25) is 0 Å². The van der Waals surface area contributed by atoms with Crippen molar-refractivity contribution in [3.63, 3.8) is 0 Å². The van der Waals surface area contributed by atoms with Gasteiger partial charge in [-0.2, -0.15) is 0 Å².